The van der Waals surface area contributed by atoms with E-state index in [4.69, 9.17) is 4.74 Å². The zero-order valence-corrected chi connectivity index (χ0v) is 12.8. The number of alkyl halides is 6. The monoisotopic (exact) mass is 357 g/mol. The number of halogens is 6. The summed E-state index contributed by atoms with van der Waals surface area (Å²) >= 11 is 0. The van der Waals surface area contributed by atoms with Gasteiger partial charge in [0.2, 0.25) is 0 Å². The van der Waals surface area contributed by atoms with Gasteiger partial charge in [0.15, 0.2) is 5.96 Å². The first-order chi connectivity index (χ1) is 11.1. The van der Waals surface area contributed by atoms with Gasteiger partial charge in [0, 0.05) is 13.6 Å². The van der Waals surface area contributed by atoms with Gasteiger partial charge in [-0.05, 0) is 18.2 Å². The number of nitrogens with one attached hydrogen (secondary N) is 2. The number of rotatable bonds is 6. The Morgan fingerprint density at radius 2 is 1.75 bits per heavy atom. The molecular formula is C14H17F6N3O. The lowest BCUT2D eigenvalue weighted by molar-refractivity contribution is -0.137. The highest BCUT2D eigenvalue weighted by Crippen LogP contribution is 2.31. The van der Waals surface area contributed by atoms with E-state index in [1.54, 1.807) is 0 Å². The van der Waals surface area contributed by atoms with Crippen molar-refractivity contribution >= 4 is 5.96 Å². The summed E-state index contributed by atoms with van der Waals surface area (Å²) in [4.78, 5) is 3.72. The maximum atomic E-state index is 12.5. The lowest BCUT2D eigenvalue weighted by Crippen LogP contribution is -2.40. The molecule has 1 aromatic rings. The number of hydrogen-bond acceptors (Lipinski definition) is 2. The Labute approximate surface area is 134 Å². The number of nitrogens with zero attached hydrogens (tertiary/aromatic N) is 1. The van der Waals surface area contributed by atoms with Gasteiger partial charge in [-0.2, -0.15) is 26.3 Å². The van der Waals surface area contributed by atoms with E-state index in [0.717, 1.165) is 12.1 Å². The molecule has 0 aliphatic carbocycles. The molecule has 0 aliphatic rings. The van der Waals surface area contributed by atoms with E-state index in [0.29, 0.717) is 0 Å². The number of guanidine groups is 1. The third-order valence-corrected chi connectivity index (χ3v) is 2.75. The molecule has 0 saturated carbocycles. The molecule has 0 heterocycles. The second kappa shape index (κ2) is 8.65. The number of benzene rings is 1. The topological polar surface area (TPSA) is 45.7 Å². The van der Waals surface area contributed by atoms with Crippen LogP contribution in [-0.4, -0.2) is 38.9 Å². The van der Waals surface area contributed by atoms with Gasteiger partial charge < -0.3 is 15.4 Å². The summed E-state index contributed by atoms with van der Waals surface area (Å²) in [6, 6.07) is 4.41. The van der Waals surface area contributed by atoms with Crippen LogP contribution >= 0.6 is 0 Å². The molecule has 0 bridgehead atoms. The molecule has 0 aromatic heterocycles. The standard InChI is InChI=1S/C14H17F6N3O/c1-21-12(22-6-5-13(15,16)17)23-7-8-24-11-4-2-3-10(9-11)14(18,19)20/h2-4,9H,5-8H2,1H3,(H2,21,22,23). The number of ether oxygens (including phenoxy) is 1. The van der Waals surface area contributed by atoms with Crippen molar-refractivity contribution in [3.05, 3.63) is 29.8 Å². The maximum Gasteiger partial charge on any atom is 0.416 e. The highest BCUT2D eigenvalue weighted by molar-refractivity contribution is 5.79. The average molecular weight is 357 g/mol. The zero-order valence-electron chi connectivity index (χ0n) is 12.8. The molecule has 4 nitrogen and oxygen atoms in total. The van der Waals surface area contributed by atoms with Crippen LogP contribution in [0.5, 0.6) is 5.75 Å². The highest BCUT2D eigenvalue weighted by atomic mass is 19.4. The predicted octanol–water partition coefficient (Wildman–Crippen LogP) is 3.20. The Morgan fingerprint density at radius 3 is 2.33 bits per heavy atom. The molecule has 0 radical (unpaired) electrons. The van der Waals surface area contributed by atoms with E-state index in [1.165, 1.54) is 19.2 Å². The van der Waals surface area contributed by atoms with Crippen molar-refractivity contribution in [3.8, 4) is 5.75 Å². The third kappa shape index (κ3) is 7.93. The summed E-state index contributed by atoms with van der Waals surface area (Å²) in [6.45, 7) is -0.166. The van der Waals surface area contributed by atoms with E-state index in [-0.39, 0.29) is 31.4 Å². The van der Waals surface area contributed by atoms with E-state index >= 15 is 0 Å². The molecule has 24 heavy (non-hydrogen) atoms. The van der Waals surface area contributed by atoms with Crippen LogP contribution in [0.2, 0.25) is 0 Å². The molecule has 136 valence electrons. The Kier molecular flexibility index (Phi) is 7.18. The van der Waals surface area contributed by atoms with Crippen molar-refractivity contribution in [2.24, 2.45) is 4.99 Å². The summed E-state index contributed by atoms with van der Waals surface area (Å²) < 4.78 is 78.8. The van der Waals surface area contributed by atoms with Crippen LogP contribution in [0.3, 0.4) is 0 Å². The van der Waals surface area contributed by atoms with Gasteiger partial charge in [0.05, 0.1) is 18.5 Å². The second-order valence-corrected chi connectivity index (χ2v) is 4.66. The maximum absolute atomic E-state index is 12.5. The van der Waals surface area contributed by atoms with E-state index in [9.17, 15) is 26.3 Å². The van der Waals surface area contributed by atoms with Gasteiger partial charge in [-0.1, -0.05) is 6.07 Å². The normalized spacial score (nSPS) is 12.9. The molecule has 0 unspecified atom stereocenters. The summed E-state index contributed by atoms with van der Waals surface area (Å²) in [7, 11) is 1.39. The van der Waals surface area contributed by atoms with Crippen molar-refractivity contribution in [2.75, 3.05) is 26.7 Å². The fourth-order valence-electron chi connectivity index (χ4n) is 1.64. The summed E-state index contributed by atoms with van der Waals surface area (Å²) in [5.41, 5.74) is -0.822. The zero-order chi connectivity index (χ0) is 18.2. The minimum Gasteiger partial charge on any atom is -0.492 e. The van der Waals surface area contributed by atoms with Crippen molar-refractivity contribution in [1.29, 1.82) is 0 Å². The average Bonchev–Trinajstić information content (AvgIpc) is 2.48. The van der Waals surface area contributed by atoms with Crippen molar-refractivity contribution in [2.45, 2.75) is 18.8 Å². The predicted molar refractivity (Wildman–Crippen MR) is 77.0 cm³/mol. The van der Waals surface area contributed by atoms with Crippen LogP contribution < -0.4 is 15.4 Å². The van der Waals surface area contributed by atoms with Gasteiger partial charge in [-0.25, -0.2) is 0 Å². The molecule has 0 amide bonds. The molecule has 0 spiro atoms. The molecule has 2 N–H and O–H groups in total. The molecule has 10 heteroatoms. The van der Waals surface area contributed by atoms with Crippen LogP contribution in [0.1, 0.15) is 12.0 Å². The van der Waals surface area contributed by atoms with Crippen molar-refractivity contribution in [3.63, 3.8) is 0 Å². The van der Waals surface area contributed by atoms with Crippen molar-refractivity contribution < 1.29 is 31.1 Å². The van der Waals surface area contributed by atoms with Gasteiger partial charge >= 0.3 is 12.4 Å². The molecule has 0 atom stereocenters. The molecule has 0 saturated heterocycles. The third-order valence-electron chi connectivity index (χ3n) is 2.75. The summed E-state index contributed by atoms with van der Waals surface area (Å²) in [5.74, 6) is 0.193. The lowest BCUT2D eigenvalue weighted by atomic mass is 10.2. The van der Waals surface area contributed by atoms with Crippen LogP contribution in [0.25, 0.3) is 0 Å². The Balaban J connectivity index is 2.34. The minimum atomic E-state index is -4.46. The fraction of sp³-hybridized carbons (Fsp3) is 0.500. The van der Waals surface area contributed by atoms with E-state index in [2.05, 4.69) is 15.6 Å². The van der Waals surface area contributed by atoms with Crippen LogP contribution in [0.15, 0.2) is 29.3 Å². The smallest absolute Gasteiger partial charge is 0.416 e. The van der Waals surface area contributed by atoms with Gasteiger partial charge in [-0.15, -0.1) is 0 Å². The summed E-state index contributed by atoms with van der Waals surface area (Å²) in [6.07, 6.45) is -9.73. The second-order valence-electron chi connectivity index (χ2n) is 4.66. The van der Waals surface area contributed by atoms with Gasteiger partial charge in [0.1, 0.15) is 12.4 Å². The van der Waals surface area contributed by atoms with Crippen LogP contribution in [0.4, 0.5) is 26.3 Å². The van der Waals surface area contributed by atoms with Crippen LogP contribution in [-0.2, 0) is 6.18 Å². The largest absolute Gasteiger partial charge is 0.492 e. The fourth-order valence-corrected chi connectivity index (χ4v) is 1.64. The number of hydrogen-bond donors (Lipinski definition) is 2. The molecule has 1 rings (SSSR count). The Morgan fingerprint density at radius 1 is 1.08 bits per heavy atom. The minimum absolute atomic E-state index is 0.0152. The first kappa shape index (κ1) is 19.9. The quantitative estimate of drug-likeness (QED) is 0.356. The van der Waals surface area contributed by atoms with Gasteiger partial charge in [-0.3, -0.25) is 4.99 Å². The Hall–Kier alpha value is -2.13. The first-order valence-electron chi connectivity index (χ1n) is 6.93. The van der Waals surface area contributed by atoms with Gasteiger partial charge in [0.25, 0.3) is 0 Å². The molecule has 1 aromatic carbocycles. The lowest BCUT2D eigenvalue weighted by Gasteiger charge is -2.14. The number of aliphatic imine (C=N–C) groups is 1. The van der Waals surface area contributed by atoms with E-state index in [1.807, 2.05) is 0 Å². The molecule has 0 aliphatic heterocycles. The molecular weight excluding hydrogens is 340 g/mol. The van der Waals surface area contributed by atoms with Crippen LogP contribution in [0, 0.1) is 0 Å². The Bertz CT molecular complexity index is 542. The molecule has 0 fully saturated rings. The van der Waals surface area contributed by atoms with E-state index < -0.39 is 24.3 Å². The first-order valence-corrected chi connectivity index (χ1v) is 6.93. The SMILES string of the molecule is CN=C(NCCOc1cccc(C(F)(F)F)c1)NCCC(F)(F)F. The van der Waals surface area contributed by atoms with Crippen molar-refractivity contribution in [1.82, 2.24) is 10.6 Å². The summed E-state index contributed by atoms with van der Waals surface area (Å²) in [5, 5.41) is 5.16. The highest BCUT2D eigenvalue weighted by Gasteiger charge is 2.30.